The summed E-state index contributed by atoms with van der Waals surface area (Å²) in [6.07, 6.45) is 1.20. The minimum Gasteiger partial charge on any atom is -0.469 e. The number of hydrogen-bond donors (Lipinski definition) is 2. The molecule has 1 aromatic rings. The topological polar surface area (TPSA) is 98.3 Å². The number of methoxy groups -OCH3 is 1. The standard InChI is InChI=1S/C12H21N5O3/c1-4-7-13-10-15-11(14-8-6-9(18)19-3)17-12(16-10)20-5-2/h4-8H2,1-3H3,(H2,13,14,15,16,17). The largest absolute Gasteiger partial charge is 0.469 e. The Morgan fingerprint density at radius 2 is 1.75 bits per heavy atom. The van der Waals surface area contributed by atoms with E-state index in [0.717, 1.165) is 13.0 Å². The number of aromatic nitrogens is 3. The monoisotopic (exact) mass is 283 g/mol. The van der Waals surface area contributed by atoms with Gasteiger partial charge in [-0.2, -0.15) is 15.0 Å². The van der Waals surface area contributed by atoms with E-state index in [2.05, 4.69) is 30.3 Å². The van der Waals surface area contributed by atoms with Gasteiger partial charge in [-0.05, 0) is 13.3 Å². The van der Waals surface area contributed by atoms with E-state index in [0.29, 0.717) is 25.0 Å². The van der Waals surface area contributed by atoms with Gasteiger partial charge in [0.2, 0.25) is 11.9 Å². The maximum Gasteiger partial charge on any atom is 0.323 e. The van der Waals surface area contributed by atoms with Crippen LogP contribution in [0, 0.1) is 0 Å². The average Bonchev–Trinajstić information content (AvgIpc) is 2.45. The third-order valence-corrected chi connectivity index (χ3v) is 2.26. The number of ether oxygens (including phenoxy) is 2. The molecule has 0 bridgehead atoms. The lowest BCUT2D eigenvalue weighted by molar-refractivity contribution is -0.140. The van der Waals surface area contributed by atoms with Crippen molar-refractivity contribution in [1.82, 2.24) is 15.0 Å². The van der Waals surface area contributed by atoms with Crippen LogP contribution >= 0.6 is 0 Å². The van der Waals surface area contributed by atoms with Crippen molar-refractivity contribution in [3.05, 3.63) is 0 Å². The predicted octanol–water partition coefficient (Wildman–Crippen LogP) is 1.07. The highest BCUT2D eigenvalue weighted by Gasteiger charge is 2.07. The summed E-state index contributed by atoms with van der Waals surface area (Å²) in [5.41, 5.74) is 0. The fourth-order valence-electron chi connectivity index (χ4n) is 1.32. The number of carbonyl (C=O) groups excluding carboxylic acids is 1. The normalized spacial score (nSPS) is 9.95. The smallest absolute Gasteiger partial charge is 0.323 e. The first kappa shape index (κ1) is 15.9. The molecule has 0 atom stereocenters. The molecule has 1 rings (SSSR count). The van der Waals surface area contributed by atoms with Gasteiger partial charge in [0.15, 0.2) is 0 Å². The third-order valence-electron chi connectivity index (χ3n) is 2.26. The summed E-state index contributed by atoms with van der Waals surface area (Å²) < 4.78 is 9.84. The van der Waals surface area contributed by atoms with Crippen LogP contribution < -0.4 is 15.4 Å². The molecule has 0 aromatic carbocycles. The molecule has 8 nitrogen and oxygen atoms in total. The Hall–Kier alpha value is -2.12. The molecule has 112 valence electrons. The lowest BCUT2D eigenvalue weighted by Gasteiger charge is -2.09. The van der Waals surface area contributed by atoms with Crippen molar-refractivity contribution < 1.29 is 14.3 Å². The lowest BCUT2D eigenvalue weighted by Crippen LogP contribution is -2.14. The molecule has 0 saturated carbocycles. The molecule has 0 aliphatic heterocycles. The maximum atomic E-state index is 11.0. The van der Waals surface area contributed by atoms with Gasteiger partial charge in [0.05, 0.1) is 20.1 Å². The Kier molecular flexibility index (Phi) is 7.08. The number of carbonyl (C=O) groups is 1. The van der Waals surface area contributed by atoms with E-state index in [1.165, 1.54) is 7.11 Å². The van der Waals surface area contributed by atoms with E-state index in [1.807, 2.05) is 13.8 Å². The van der Waals surface area contributed by atoms with Crippen molar-refractivity contribution in [3.8, 4) is 6.01 Å². The summed E-state index contributed by atoms with van der Waals surface area (Å²) in [7, 11) is 1.35. The van der Waals surface area contributed by atoms with Gasteiger partial charge in [-0.25, -0.2) is 0 Å². The molecule has 0 spiro atoms. The SMILES string of the molecule is CCCNc1nc(NCCC(=O)OC)nc(OCC)n1. The summed E-state index contributed by atoms with van der Waals surface area (Å²) >= 11 is 0. The quantitative estimate of drug-likeness (QED) is 0.649. The fraction of sp³-hybridized carbons (Fsp3) is 0.667. The zero-order chi connectivity index (χ0) is 14.8. The molecule has 0 saturated heterocycles. The van der Waals surface area contributed by atoms with Crippen molar-refractivity contribution in [1.29, 1.82) is 0 Å². The molecule has 0 unspecified atom stereocenters. The first-order chi connectivity index (χ1) is 9.69. The van der Waals surface area contributed by atoms with E-state index in [1.54, 1.807) is 0 Å². The highest BCUT2D eigenvalue weighted by molar-refractivity contribution is 5.69. The molecule has 0 aliphatic carbocycles. The molecule has 20 heavy (non-hydrogen) atoms. The zero-order valence-electron chi connectivity index (χ0n) is 12.1. The molecule has 1 heterocycles. The van der Waals surface area contributed by atoms with E-state index in [-0.39, 0.29) is 18.4 Å². The molecule has 1 aromatic heterocycles. The molecule has 0 aliphatic rings. The minimum atomic E-state index is -0.291. The Labute approximate surface area is 118 Å². The predicted molar refractivity (Wildman–Crippen MR) is 74.9 cm³/mol. The number of nitrogens with one attached hydrogen (secondary N) is 2. The summed E-state index contributed by atoms with van der Waals surface area (Å²) in [6.45, 7) is 5.52. The van der Waals surface area contributed by atoms with Gasteiger partial charge < -0.3 is 20.1 Å². The van der Waals surface area contributed by atoms with Crippen LogP contribution in [-0.4, -0.2) is 47.7 Å². The second-order valence-electron chi connectivity index (χ2n) is 3.88. The number of anilines is 2. The molecule has 0 amide bonds. The zero-order valence-corrected chi connectivity index (χ0v) is 12.1. The van der Waals surface area contributed by atoms with Crippen LogP contribution in [0.15, 0.2) is 0 Å². The Morgan fingerprint density at radius 3 is 2.30 bits per heavy atom. The third kappa shape index (κ3) is 5.68. The highest BCUT2D eigenvalue weighted by atomic mass is 16.5. The molecule has 2 N–H and O–H groups in total. The molecular formula is C12H21N5O3. The van der Waals surface area contributed by atoms with Crippen molar-refractivity contribution in [3.63, 3.8) is 0 Å². The van der Waals surface area contributed by atoms with Crippen molar-refractivity contribution in [2.45, 2.75) is 26.7 Å². The molecule has 0 radical (unpaired) electrons. The van der Waals surface area contributed by atoms with Crippen LogP contribution in [0.1, 0.15) is 26.7 Å². The van der Waals surface area contributed by atoms with Crippen LogP contribution in [0.2, 0.25) is 0 Å². The first-order valence-corrected chi connectivity index (χ1v) is 6.63. The highest BCUT2D eigenvalue weighted by Crippen LogP contribution is 2.11. The van der Waals surface area contributed by atoms with Gasteiger partial charge in [-0.15, -0.1) is 0 Å². The average molecular weight is 283 g/mol. The Balaban J connectivity index is 2.66. The van der Waals surface area contributed by atoms with Gasteiger partial charge in [-0.3, -0.25) is 4.79 Å². The number of hydrogen-bond acceptors (Lipinski definition) is 8. The van der Waals surface area contributed by atoms with E-state index >= 15 is 0 Å². The second-order valence-corrected chi connectivity index (χ2v) is 3.88. The van der Waals surface area contributed by atoms with Crippen molar-refractivity contribution in [2.24, 2.45) is 0 Å². The molecule has 0 fully saturated rings. The van der Waals surface area contributed by atoms with E-state index < -0.39 is 0 Å². The van der Waals surface area contributed by atoms with Gasteiger partial charge in [-0.1, -0.05) is 6.92 Å². The van der Waals surface area contributed by atoms with Crippen LogP contribution in [0.4, 0.5) is 11.9 Å². The molecular weight excluding hydrogens is 262 g/mol. The summed E-state index contributed by atoms with van der Waals surface area (Å²) in [5, 5.41) is 6.01. The minimum absolute atomic E-state index is 0.240. The number of nitrogens with zero attached hydrogens (tertiary/aromatic N) is 3. The van der Waals surface area contributed by atoms with Crippen LogP contribution in [0.5, 0.6) is 6.01 Å². The molecule has 8 heteroatoms. The van der Waals surface area contributed by atoms with Gasteiger partial charge in [0, 0.05) is 13.1 Å². The van der Waals surface area contributed by atoms with E-state index in [9.17, 15) is 4.79 Å². The van der Waals surface area contributed by atoms with Crippen LogP contribution in [0.3, 0.4) is 0 Å². The lowest BCUT2D eigenvalue weighted by atomic mass is 10.4. The summed E-state index contributed by atoms with van der Waals surface area (Å²) in [5.74, 6) is 0.526. The van der Waals surface area contributed by atoms with Crippen molar-refractivity contribution >= 4 is 17.9 Å². The van der Waals surface area contributed by atoms with Crippen LogP contribution in [-0.2, 0) is 9.53 Å². The van der Waals surface area contributed by atoms with Gasteiger partial charge >= 0.3 is 12.0 Å². The van der Waals surface area contributed by atoms with Gasteiger partial charge in [0.1, 0.15) is 0 Å². The second kappa shape index (κ2) is 8.89. The van der Waals surface area contributed by atoms with Gasteiger partial charge in [0.25, 0.3) is 0 Å². The number of esters is 1. The van der Waals surface area contributed by atoms with Crippen molar-refractivity contribution in [2.75, 3.05) is 37.4 Å². The fourth-order valence-corrected chi connectivity index (χ4v) is 1.32. The first-order valence-electron chi connectivity index (χ1n) is 6.63. The Morgan fingerprint density at radius 1 is 1.10 bits per heavy atom. The number of rotatable bonds is 9. The summed E-state index contributed by atoms with van der Waals surface area (Å²) in [4.78, 5) is 23.5. The maximum absolute atomic E-state index is 11.0. The van der Waals surface area contributed by atoms with Crippen LogP contribution in [0.25, 0.3) is 0 Å². The Bertz CT molecular complexity index is 428. The summed E-state index contributed by atoms with van der Waals surface area (Å²) in [6, 6.07) is 0.252. The van der Waals surface area contributed by atoms with E-state index in [4.69, 9.17) is 4.74 Å².